The van der Waals surface area contributed by atoms with Gasteiger partial charge in [0.15, 0.2) is 0 Å². The summed E-state index contributed by atoms with van der Waals surface area (Å²) in [6.07, 6.45) is 2.50. The Hall–Kier alpha value is -1.29. The molecule has 2 rings (SSSR count). The predicted octanol–water partition coefficient (Wildman–Crippen LogP) is 0.907. The lowest BCUT2D eigenvalue weighted by Gasteiger charge is -2.32. The molecule has 2 aliphatic heterocycles. The Bertz CT molecular complexity index is 335. The molecule has 0 aromatic carbocycles. The van der Waals surface area contributed by atoms with E-state index in [4.69, 9.17) is 9.47 Å². The van der Waals surface area contributed by atoms with Crippen LogP contribution in [0, 0.1) is 5.92 Å². The molecule has 0 aromatic heterocycles. The van der Waals surface area contributed by atoms with Gasteiger partial charge < -0.3 is 14.4 Å². The average molecular weight is 209 g/mol. The Morgan fingerprint density at radius 1 is 1.73 bits per heavy atom. The highest BCUT2D eigenvalue weighted by Gasteiger charge is 2.38. The number of methoxy groups -OCH3 is 1. The summed E-state index contributed by atoms with van der Waals surface area (Å²) >= 11 is 0. The Balaban J connectivity index is 2.22. The van der Waals surface area contributed by atoms with Crippen molar-refractivity contribution in [1.29, 1.82) is 0 Å². The quantitative estimate of drug-likeness (QED) is 0.475. The van der Waals surface area contributed by atoms with Gasteiger partial charge in [-0.3, -0.25) is 0 Å². The maximum atomic E-state index is 11.4. The van der Waals surface area contributed by atoms with E-state index in [2.05, 4.69) is 6.58 Å². The second kappa shape index (κ2) is 3.70. The zero-order valence-electron chi connectivity index (χ0n) is 9.03. The third-order valence-corrected chi connectivity index (χ3v) is 2.96. The molecule has 1 fully saturated rings. The summed E-state index contributed by atoms with van der Waals surface area (Å²) in [5.74, 6) is -0.0471. The van der Waals surface area contributed by atoms with Crippen molar-refractivity contribution < 1.29 is 14.3 Å². The van der Waals surface area contributed by atoms with Crippen LogP contribution in [0.15, 0.2) is 23.9 Å². The first-order valence-electron chi connectivity index (χ1n) is 4.93. The van der Waals surface area contributed by atoms with Gasteiger partial charge in [0.2, 0.25) is 0 Å². The number of rotatable bonds is 1. The van der Waals surface area contributed by atoms with E-state index < -0.39 is 0 Å². The molecule has 1 saturated heterocycles. The van der Waals surface area contributed by atoms with E-state index in [1.807, 2.05) is 11.9 Å². The highest BCUT2D eigenvalue weighted by Crippen LogP contribution is 2.36. The van der Waals surface area contributed by atoms with Crippen LogP contribution in [0.5, 0.6) is 0 Å². The van der Waals surface area contributed by atoms with Crippen molar-refractivity contribution in [2.24, 2.45) is 5.92 Å². The fourth-order valence-corrected chi connectivity index (χ4v) is 2.14. The van der Waals surface area contributed by atoms with Crippen LogP contribution in [0.25, 0.3) is 0 Å². The summed E-state index contributed by atoms with van der Waals surface area (Å²) in [6, 6.07) is 0. The summed E-state index contributed by atoms with van der Waals surface area (Å²) in [4.78, 5) is 13.3. The lowest BCUT2D eigenvalue weighted by atomic mass is 9.90. The second-order valence-electron chi connectivity index (χ2n) is 3.98. The normalized spacial score (nSPS) is 29.9. The van der Waals surface area contributed by atoms with Crippen LogP contribution in [0.4, 0.5) is 0 Å². The summed E-state index contributed by atoms with van der Waals surface area (Å²) in [7, 11) is 3.30. The molecule has 2 atom stereocenters. The molecular formula is C11H15NO3. The number of carbonyl (C=O) groups excluding carboxylic acids is 1. The fraction of sp³-hybridized carbons (Fsp3) is 0.545. The van der Waals surface area contributed by atoms with Gasteiger partial charge in [-0.1, -0.05) is 6.58 Å². The van der Waals surface area contributed by atoms with Crippen molar-refractivity contribution in [3.8, 4) is 0 Å². The van der Waals surface area contributed by atoms with Crippen molar-refractivity contribution in [3.63, 3.8) is 0 Å². The van der Waals surface area contributed by atoms with Gasteiger partial charge in [0.05, 0.1) is 19.3 Å². The van der Waals surface area contributed by atoms with Crippen LogP contribution < -0.4 is 0 Å². The van der Waals surface area contributed by atoms with Crippen LogP contribution in [-0.2, 0) is 14.3 Å². The number of hydrogen-bond donors (Lipinski definition) is 0. The molecule has 0 aromatic rings. The van der Waals surface area contributed by atoms with Gasteiger partial charge in [-0.2, -0.15) is 0 Å². The van der Waals surface area contributed by atoms with Crippen molar-refractivity contribution >= 4 is 5.97 Å². The van der Waals surface area contributed by atoms with E-state index in [1.54, 1.807) is 6.20 Å². The minimum absolute atomic E-state index is 0.0332. The fourth-order valence-electron chi connectivity index (χ4n) is 2.14. The standard InChI is InChI=1S/C11H15NO3/c1-7-6-15-10-9(7)4-8(5-12(10)2)11(13)14-3/h5,9-10H,1,4,6H2,2-3H3/t9-,10+/m0/s1. The Kier molecular flexibility index (Phi) is 2.52. The van der Waals surface area contributed by atoms with E-state index in [-0.39, 0.29) is 18.1 Å². The molecule has 0 unspecified atom stereocenters. The first kappa shape index (κ1) is 10.2. The molecule has 0 amide bonds. The number of ether oxygens (including phenoxy) is 2. The molecule has 15 heavy (non-hydrogen) atoms. The van der Waals surface area contributed by atoms with Crippen LogP contribution in [0.1, 0.15) is 6.42 Å². The van der Waals surface area contributed by atoms with E-state index in [0.29, 0.717) is 18.6 Å². The van der Waals surface area contributed by atoms with Crippen molar-refractivity contribution in [2.75, 3.05) is 20.8 Å². The highest BCUT2D eigenvalue weighted by molar-refractivity contribution is 5.88. The minimum Gasteiger partial charge on any atom is -0.466 e. The Labute approximate surface area is 89.1 Å². The SMILES string of the molecule is C=C1CO[C@@H]2[C@H]1CC(C(=O)OC)=CN2C. The largest absolute Gasteiger partial charge is 0.466 e. The highest BCUT2D eigenvalue weighted by atomic mass is 16.5. The van der Waals surface area contributed by atoms with E-state index in [9.17, 15) is 4.79 Å². The van der Waals surface area contributed by atoms with Gasteiger partial charge in [-0.05, 0) is 12.0 Å². The topological polar surface area (TPSA) is 38.8 Å². The van der Waals surface area contributed by atoms with Crippen molar-refractivity contribution in [3.05, 3.63) is 23.9 Å². The molecule has 2 heterocycles. The van der Waals surface area contributed by atoms with Crippen LogP contribution >= 0.6 is 0 Å². The monoisotopic (exact) mass is 209 g/mol. The lowest BCUT2D eigenvalue weighted by molar-refractivity contribution is -0.137. The van der Waals surface area contributed by atoms with Gasteiger partial charge in [0, 0.05) is 19.2 Å². The van der Waals surface area contributed by atoms with Crippen molar-refractivity contribution in [1.82, 2.24) is 4.90 Å². The molecule has 0 N–H and O–H groups in total. The first-order valence-corrected chi connectivity index (χ1v) is 4.93. The Morgan fingerprint density at radius 3 is 3.13 bits per heavy atom. The van der Waals surface area contributed by atoms with Gasteiger partial charge in [-0.25, -0.2) is 4.79 Å². The molecule has 0 spiro atoms. The molecule has 0 bridgehead atoms. The van der Waals surface area contributed by atoms with Gasteiger partial charge in [0.1, 0.15) is 6.23 Å². The molecule has 0 saturated carbocycles. The van der Waals surface area contributed by atoms with E-state index in [1.165, 1.54) is 7.11 Å². The Morgan fingerprint density at radius 2 is 2.47 bits per heavy atom. The van der Waals surface area contributed by atoms with Crippen molar-refractivity contribution in [2.45, 2.75) is 12.6 Å². The molecule has 4 heteroatoms. The number of carbonyl (C=O) groups is 1. The summed E-state index contributed by atoms with van der Waals surface area (Å²) in [5, 5.41) is 0. The summed E-state index contributed by atoms with van der Waals surface area (Å²) in [6.45, 7) is 4.55. The van der Waals surface area contributed by atoms with Crippen LogP contribution in [0.3, 0.4) is 0 Å². The maximum absolute atomic E-state index is 11.4. The molecule has 0 radical (unpaired) electrons. The molecule has 4 nitrogen and oxygen atoms in total. The lowest BCUT2D eigenvalue weighted by Crippen LogP contribution is -2.37. The van der Waals surface area contributed by atoms with E-state index >= 15 is 0 Å². The molecular weight excluding hydrogens is 194 g/mol. The predicted molar refractivity (Wildman–Crippen MR) is 54.8 cm³/mol. The van der Waals surface area contributed by atoms with Gasteiger partial charge in [-0.15, -0.1) is 0 Å². The third-order valence-electron chi connectivity index (χ3n) is 2.96. The zero-order chi connectivity index (χ0) is 11.0. The number of esters is 1. The summed E-state index contributed by atoms with van der Waals surface area (Å²) < 4.78 is 10.3. The molecule has 82 valence electrons. The minimum atomic E-state index is -0.264. The second-order valence-corrected chi connectivity index (χ2v) is 3.98. The third kappa shape index (κ3) is 1.65. The van der Waals surface area contributed by atoms with Gasteiger partial charge in [0.25, 0.3) is 0 Å². The zero-order valence-corrected chi connectivity index (χ0v) is 9.03. The smallest absolute Gasteiger partial charge is 0.335 e. The number of nitrogens with zero attached hydrogens (tertiary/aromatic N) is 1. The van der Waals surface area contributed by atoms with Gasteiger partial charge >= 0.3 is 5.97 Å². The molecule has 0 aliphatic carbocycles. The first-order chi connectivity index (χ1) is 7.13. The summed E-state index contributed by atoms with van der Waals surface area (Å²) in [5.41, 5.74) is 1.74. The maximum Gasteiger partial charge on any atom is 0.335 e. The molecule has 2 aliphatic rings. The average Bonchev–Trinajstić information content (AvgIpc) is 2.60. The van der Waals surface area contributed by atoms with E-state index in [0.717, 1.165) is 5.57 Å². The van der Waals surface area contributed by atoms with Crippen LogP contribution in [-0.4, -0.2) is 37.9 Å². The van der Waals surface area contributed by atoms with Crippen LogP contribution in [0.2, 0.25) is 0 Å². The number of hydrogen-bond acceptors (Lipinski definition) is 4. The number of fused-ring (bicyclic) bond motifs is 1.